The van der Waals surface area contributed by atoms with Crippen molar-refractivity contribution in [2.45, 2.75) is 45.1 Å². The molecule has 2 atom stereocenters. The molecule has 16 heavy (non-hydrogen) atoms. The van der Waals surface area contributed by atoms with Gasteiger partial charge < -0.3 is 11.1 Å². The number of hydrogen-bond donors (Lipinski definition) is 2. The summed E-state index contributed by atoms with van der Waals surface area (Å²) in [7, 11) is -0.851. The minimum absolute atomic E-state index is 0.00220. The number of nitrogens with one attached hydrogen (secondary N) is 1. The average Bonchev–Trinajstić information content (AvgIpc) is 2.15. The van der Waals surface area contributed by atoms with Crippen LogP contribution in [-0.4, -0.2) is 34.7 Å². The summed E-state index contributed by atoms with van der Waals surface area (Å²) in [4.78, 5) is 11.4. The van der Waals surface area contributed by atoms with Crippen LogP contribution >= 0.6 is 0 Å². The monoisotopic (exact) mass is 248 g/mol. The summed E-state index contributed by atoms with van der Waals surface area (Å²) >= 11 is 0. The molecule has 0 heterocycles. The van der Waals surface area contributed by atoms with Crippen molar-refractivity contribution in [2.24, 2.45) is 5.73 Å². The van der Waals surface area contributed by atoms with Gasteiger partial charge >= 0.3 is 0 Å². The normalized spacial score (nSPS) is 14.4. The molecule has 5 heteroatoms. The molecule has 4 nitrogen and oxygen atoms in total. The van der Waals surface area contributed by atoms with Gasteiger partial charge in [-0.3, -0.25) is 9.00 Å². The van der Waals surface area contributed by atoms with Gasteiger partial charge in [-0.05, 0) is 26.3 Å². The summed E-state index contributed by atoms with van der Waals surface area (Å²) in [6.07, 6.45) is 6.30. The number of carbonyl (C=O) groups is 1. The van der Waals surface area contributed by atoms with Crippen molar-refractivity contribution >= 4 is 16.7 Å². The third-order valence-corrected chi connectivity index (χ3v) is 3.22. The first-order valence-electron chi connectivity index (χ1n) is 5.85. The molecule has 0 fully saturated rings. The predicted octanol–water partition coefficient (Wildman–Crippen LogP) is 0.779. The Kier molecular flexibility index (Phi) is 9.52. The van der Waals surface area contributed by atoms with E-state index in [2.05, 4.69) is 5.32 Å². The number of hydrogen-bond acceptors (Lipinski definition) is 3. The Morgan fingerprint density at radius 2 is 1.94 bits per heavy atom. The van der Waals surface area contributed by atoms with Crippen molar-refractivity contribution in [2.75, 3.05) is 18.6 Å². The average molecular weight is 248 g/mol. The summed E-state index contributed by atoms with van der Waals surface area (Å²) in [5.41, 5.74) is 5.37. The van der Waals surface area contributed by atoms with E-state index in [-0.39, 0.29) is 11.9 Å². The van der Waals surface area contributed by atoms with E-state index >= 15 is 0 Å². The Morgan fingerprint density at radius 1 is 1.31 bits per heavy atom. The third kappa shape index (κ3) is 10.1. The summed E-state index contributed by atoms with van der Waals surface area (Å²) in [5, 5.41) is 2.85. The molecule has 0 aromatic heterocycles. The fourth-order valence-electron chi connectivity index (χ4n) is 1.52. The van der Waals surface area contributed by atoms with E-state index in [1.807, 2.05) is 6.92 Å². The zero-order chi connectivity index (χ0) is 12.4. The second-order valence-corrected chi connectivity index (χ2v) is 5.64. The Balaban J connectivity index is 3.47. The molecule has 0 aromatic carbocycles. The summed E-state index contributed by atoms with van der Waals surface area (Å²) in [6.45, 7) is 2.61. The highest BCUT2D eigenvalue weighted by Gasteiger charge is 2.08. The van der Waals surface area contributed by atoms with Gasteiger partial charge in [0.25, 0.3) is 0 Å². The van der Waals surface area contributed by atoms with E-state index in [0.29, 0.717) is 12.2 Å². The zero-order valence-electron chi connectivity index (χ0n) is 10.3. The second kappa shape index (κ2) is 9.78. The van der Waals surface area contributed by atoms with Crippen LogP contribution in [-0.2, 0) is 15.6 Å². The van der Waals surface area contributed by atoms with E-state index in [1.165, 1.54) is 0 Å². The van der Waals surface area contributed by atoms with Gasteiger partial charge in [-0.1, -0.05) is 12.8 Å². The number of carbonyl (C=O) groups excluding carboxylic acids is 1. The van der Waals surface area contributed by atoms with Crippen molar-refractivity contribution in [1.82, 2.24) is 5.32 Å². The quantitative estimate of drug-likeness (QED) is 0.592. The largest absolute Gasteiger partial charge is 0.353 e. The minimum Gasteiger partial charge on any atom is -0.353 e. The molecule has 1 amide bonds. The summed E-state index contributed by atoms with van der Waals surface area (Å²) in [6, 6.07) is 0.00220. The van der Waals surface area contributed by atoms with Crippen molar-refractivity contribution in [3.63, 3.8) is 0 Å². The number of nitrogens with two attached hydrogens (primary N) is 1. The lowest BCUT2D eigenvalue weighted by Crippen LogP contribution is -2.35. The fraction of sp³-hybridized carbons (Fsp3) is 0.909. The number of amides is 1. The van der Waals surface area contributed by atoms with Crippen molar-refractivity contribution in [3.05, 3.63) is 0 Å². The van der Waals surface area contributed by atoms with Crippen LogP contribution in [0.15, 0.2) is 0 Å². The van der Waals surface area contributed by atoms with Crippen molar-refractivity contribution in [1.29, 1.82) is 0 Å². The van der Waals surface area contributed by atoms with Gasteiger partial charge in [0.05, 0.1) is 0 Å². The maximum atomic E-state index is 11.4. The molecule has 0 spiro atoms. The van der Waals surface area contributed by atoms with E-state index in [0.717, 1.165) is 32.2 Å². The smallest absolute Gasteiger partial charge is 0.220 e. The highest BCUT2D eigenvalue weighted by Crippen LogP contribution is 2.02. The Morgan fingerprint density at radius 3 is 2.50 bits per heavy atom. The van der Waals surface area contributed by atoms with Crippen LogP contribution in [0.25, 0.3) is 0 Å². The Labute approximate surface area is 101 Å². The van der Waals surface area contributed by atoms with Gasteiger partial charge in [0.2, 0.25) is 5.91 Å². The molecule has 96 valence electrons. The van der Waals surface area contributed by atoms with Crippen molar-refractivity contribution in [3.8, 4) is 0 Å². The molecule has 2 unspecified atom stereocenters. The highest BCUT2D eigenvalue weighted by atomic mass is 32.2. The molecule has 3 N–H and O–H groups in total. The first kappa shape index (κ1) is 15.6. The van der Waals surface area contributed by atoms with Gasteiger partial charge in [-0.2, -0.15) is 0 Å². The lowest BCUT2D eigenvalue weighted by molar-refractivity contribution is -0.121. The van der Waals surface area contributed by atoms with Crippen LogP contribution in [0.5, 0.6) is 0 Å². The standard InChI is InChI=1S/C11H24N2O2S/c1-10(9-16(2)15)13-11(14)7-5-3-4-6-8-12/h10H,3-9,12H2,1-2H3,(H,13,14). The van der Waals surface area contributed by atoms with Crippen LogP contribution in [0.3, 0.4) is 0 Å². The maximum Gasteiger partial charge on any atom is 0.220 e. The molecule has 0 bridgehead atoms. The van der Waals surface area contributed by atoms with Crippen LogP contribution in [0, 0.1) is 0 Å². The van der Waals surface area contributed by atoms with Crippen LogP contribution < -0.4 is 11.1 Å². The van der Waals surface area contributed by atoms with Gasteiger partial charge in [0.15, 0.2) is 0 Å². The molecule has 0 saturated carbocycles. The molecule has 0 saturated heterocycles. The Hall–Kier alpha value is -0.420. The lowest BCUT2D eigenvalue weighted by atomic mass is 10.1. The molecule has 0 aliphatic carbocycles. The van der Waals surface area contributed by atoms with E-state index in [1.54, 1.807) is 6.26 Å². The molecule has 0 rings (SSSR count). The van der Waals surface area contributed by atoms with Gasteiger partial charge in [-0.25, -0.2) is 0 Å². The van der Waals surface area contributed by atoms with Crippen LogP contribution in [0.4, 0.5) is 0 Å². The maximum absolute atomic E-state index is 11.4. The van der Waals surface area contributed by atoms with E-state index in [4.69, 9.17) is 5.73 Å². The summed E-state index contributed by atoms with van der Waals surface area (Å²) < 4.78 is 10.9. The SMILES string of the molecule is CC(CS(C)=O)NC(=O)CCCCCCN. The first-order chi connectivity index (χ1) is 7.56. The molecule has 0 aliphatic rings. The zero-order valence-corrected chi connectivity index (χ0v) is 11.1. The van der Waals surface area contributed by atoms with E-state index < -0.39 is 10.8 Å². The van der Waals surface area contributed by atoms with Crippen LogP contribution in [0.1, 0.15) is 39.0 Å². The fourth-order valence-corrected chi connectivity index (χ4v) is 2.31. The van der Waals surface area contributed by atoms with Gasteiger partial charge in [-0.15, -0.1) is 0 Å². The summed E-state index contributed by atoms with van der Waals surface area (Å²) in [5.74, 6) is 0.588. The predicted molar refractivity (Wildman–Crippen MR) is 68.7 cm³/mol. The molecule has 0 aliphatic heterocycles. The van der Waals surface area contributed by atoms with Crippen molar-refractivity contribution < 1.29 is 9.00 Å². The third-order valence-electron chi connectivity index (χ3n) is 2.25. The molecule has 0 radical (unpaired) electrons. The Bertz CT molecular complexity index is 222. The number of unbranched alkanes of at least 4 members (excludes halogenated alkanes) is 3. The second-order valence-electron chi connectivity index (χ2n) is 4.16. The van der Waals surface area contributed by atoms with Gasteiger partial charge in [0, 0.05) is 35.3 Å². The first-order valence-corrected chi connectivity index (χ1v) is 7.58. The topological polar surface area (TPSA) is 72.2 Å². The highest BCUT2D eigenvalue weighted by molar-refractivity contribution is 7.84. The van der Waals surface area contributed by atoms with Gasteiger partial charge in [0.1, 0.15) is 0 Å². The minimum atomic E-state index is -0.851. The van der Waals surface area contributed by atoms with Crippen LogP contribution in [0.2, 0.25) is 0 Å². The molecule has 0 aromatic rings. The van der Waals surface area contributed by atoms with E-state index in [9.17, 15) is 9.00 Å². The lowest BCUT2D eigenvalue weighted by Gasteiger charge is -2.12. The molecular formula is C11H24N2O2S. The molecular weight excluding hydrogens is 224 g/mol. The number of rotatable bonds is 9.